The van der Waals surface area contributed by atoms with E-state index in [9.17, 15) is 13.6 Å². The Hall–Kier alpha value is -4.05. The molecule has 1 amide bonds. The van der Waals surface area contributed by atoms with E-state index in [0.29, 0.717) is 5.69 Å². The molecular formula is C28H30F2N6O2. The van der Waals surface area contributed by atoms with Gasteiger partial charge in [-0.2, -0.15) is 13.9 Å². The molecule has 1 saturated heterocycles. The Morgan fingerprint density at radius 2 is 1.76 bits per heavy atom. The van der Waals surface area contributed by atoms with Crippen molar-refractivity contribution in [1.29, 1.82) is 0 Å². The minimum absolute atomic E-state index is 0.0115. The van der Waals surface area contributed by atoms with Gasteiger partial charge in [0.1, 0.15) is 17.3 Å². The molecule has 2 N–H and O–H groups in total. The highest BCUT2D eigenvalue weighted by atomic mass is 19.3. The number of anilines is 2. The van der Waals surface area contributed by atoms with E-state index in [4.69, 9.17) is 0 Å². The van der Waals surface area contributed by atoms with Crippen LogP contribution in [0.3, 0.4) is 0 Å². The van der Waals surface area contributed by atoms with Gasteiger partial charge in [0, 0.05) is 54.9 Å². The summed E-state index contributed by atoms with van der Waals surface area (Å²) in [5.74, 6) is 1.25. The third-order valence-electron chi connectivity index (χ3n) is 6.61. The molecule has 1 aliphatic heterocycles. The molecule has 4 aromatic rings. The monoisotopic (exact) mass is 520 g/mol. The number of carbonyl (C=O) groups excluding carboxylic acids is 1. The van der Waals surface area contributed by atoms with E-state index < -0.39 is 6.61 Å². The minimum atomic E-state index is -2.83. The molecule has 10 heteroatoms. The van der Waals surface area contributed by atoms with Crippen molar-refractivity contribution in [2.75, 3.05) is 43.4 Å². The Labute approximate surface area is 219 Å². The van der Waals surface area contributed by atoms with E-state index in [1.165, 1.54) is 24.3 Å². The van der Waals surface area contributed by atoms with Crippen LogP contribution in [0, 0.1) is 5.92 Å². The number of hydrogen-bond donors (Lipinski definition) is 2. The van der Waals surface area contributed by atoms with Gasteiger partial charge >= 0.3 is 6.61 Å². The van der Waals surface area contributed by atoms with Gasteiger partial charge in [-0.15, -0.1) is 0 Å². The summed E-state index contributed by atoms with van der Waals surface area (Å²) < 4.78 is 27.9. The lowest BCUT2D eigenvalue weighted by molar-refractivity contribution is -0.117. The van der Waals surface area contributed by atoms with Crippen molar-refractivity contribution >= 4 is 28.3 Å². The number of fused-ring (bicyclic) bond motifs is 1. The molecule has 2 fully saturated rings. The fourth-order valence-electron chi connectivity index (χ4n) is 4.24. The number of aromatic nitrogens is 3. The van der Waals surface area contributed by atoms with E-state index in [-0.39, 0.29) is 17.6 Å². The number of piperazine rings is 1. The predicted octanol–water partition coefficient (Wildman–Crippen LogP) is 5.01. The summed E-state index contributed by atoms with van der Waals surface area (Å²) in [6.07, 6.45) is 3.78. The number of carbonyl (C=O) groups is 1. The van der Waals surface area contributed by atoms with Crippen LogP contribution in [0.25, 0.3) is 22.2 Å². The molecule has 0 unspecified atom stereocenters. The predicted molar refractivity (Wildman–Crippen MR) is 143 cm³/mol. The number of ether oxygens (including phenoxy) is 1. The third-order valence-corrected chi connectivity index (χ3v) is 6.61. The van der Waals surface area contributed by atoms with Gasteiger partial charge in [-0.3, -0.25) is 9.89 Å². The first kappa shape index (κ1) is 25.6. The fraction of sp³-hybridized carbons (Fsp3) is 0.321. The Morgan fingerprint density at radius 1 is 1.03 bits per heavy atom. The van der Waals surface area contributed by atoms with Crippen molar-refractivity contribution in [1.82, 2.24) is 20.1 Å². The number of para-hydroxylation sites is 1. The number of likely N-dealkylation sites (N-methyl/N-ethyl adjacent to an activating group) is 1. The number of rotatable bonds is 6. The maximum absolute atomic E-state index is 11.9. The summed E-state index contributed by atoms with van der Waals surface area (Å²) in [5.41, 5.74) is 3.67. The lowest BCUT2D eigenvalue weighted by atomic mass is 10.1. The van der Waals surface area contributed by atoms with E-state index in [0.717, 1.165) is 67.0 Å². The molecule has 8 nitrogen and oxygen atoms in total. The maximum Gasteiger partial charge on any atom is 0.387 e. The Morgan fingerprint density at radius 3 is 2.42 bits per heavy atom. The first-order valence-electron chi connectivity index (χ1n) is 12.6. The van der Waals surface area contributed by atoms with Crippen LogP contribution in [0.1, 0.15) is 12.8 Å². The van der Waals surface area contributed by atoms with Crippen LogP contribution in [0.15, 0.2) is 66.9 Å². The molecule has 3 heterocycles. The normalized spacial score (nSPS) is 15.7. The van der Waals surface area contributed by atoms with Gasteiger partial charge in [-0.05, 0) is 62.4 Å². The molecule has 2 aromatic heterocycles. The van der Waals surface area contributed by atoms with Crippen LogP contribution < -0.4 is 15.0 Å². The molecule has 1 aliphatic carbocycles. The lowest BCUT2D eigenvalue weighted by Crippen LogP contribution is -2.44. The number of pyridine rings is 1. The number of aromatic amines is 1. The highest BCUT2D eigenvalue weighted by Gasteiger charge is 2.29. The number of nitrogens with one attached hydrogen (secondary N) is 2. The quantitative estimate of drug-likeness (QED) is 0.372. The minimum Gasteiger partial charge on any atom is -0.435 e. The van der Waals surface area contributed by atoms with Crippen molar-refractivity contribution in [2.45, 2.75) is 19.5 Å². The lowest BCUT2D eigenvalue weighted by Gasteiger charge is -2.33. The van der Waals surface area contributed by atoms with Crippen LogP contribution in [-0.2, 0) is 4.79 Å². The molecule has 0 spiro atoms. The Balaban J connectivity index is 0.000000163. The van der Waals surface area contributed by atoms with Crippen molar-refractivity contribution < 1.29 is 18.3 Å². The molecule has 0 atom stereocenters. The van der Waals surface area contributed by atoms with Crippen molar-refractivity contribution in [3.63, 3.8) is 0 Å². The Kier molecular flexibility index (Phi) is 7.78. The van der Waals surface area contributed by atoms with Crippen molar-refractivity contribution in [2.24, 2.45) is 5.92 Å². The summed E-state index contributed by atoms with van der Waals surface area (Å²) in [6.45, 7) is 1.43. The van der Waals surface area contributed by atoms with Gasteiger partial charge in [-0.1, -0.05) is 18.2 Å². The average molecular weight is 521 g/mol. The van der Waals surface area contributed by atoms with Gasteiger partial charge in [0.2, 0.25) is 5.91 Å². The second-order valence-electron chi connectivity index (χ2n) is 9.48. The number of H-pyrrole nitrogens is 1. The van der Waals surface area contributed by atoms with Gasteiger partial charge in [0.15, 0.2) is 0 Å². The Bertz CT molecular complexity index is 1350. The zero-order valence-electron chi connectivity index (χ0n) is 21.1. The summed E-state index contributed by atoms with van der Waals surface area (Å²) in [5, 5.41) is 11.3. The smallest absolute Gasteiger partial charge is 0.387 e. The highest BCUT2D eigenvalue weighted by Crippen LogP contribution is 2.30. The van der Waals surface area contributed by atoms with E-state index in [1.54, 1.807) is 0 Å². The second kappa shape index (κ2) is 11.6. The summed E-state index contributed by atoms with van der Waals surface area (Å²) in [4.78, 5) is 20.7. The largest absolute Gasteiger partial charge is 0.435 e. The SMILES string of the molecule is CN1CCN(c2ccc(-c3n[nH]c4ccccc34)cn2)CC1.O=C(Nc1ccc(OC(F)F)cc1)C1CC1. The first-order chi connectivity index (χ1) is 18.5. The maximum atomic E-state index is 11.9. The van der Waals surface area contributed by atoms with Crippen LogP contribution in [-0.4, -0.2) is 65.8 Å². The second-order valence-corrected chi connectivity index (χ2v) is 9.48. The van der Waals surface area contributed by atoms with Crippen molar-refractivity contribution in [3.8, 4) is 17.0 Å². The van der Waals surface area contributed by atoms with Gasteiger partial charge in [0.25, 0.3) is 0 Å². The third kappa shape index (κ3) is 6.44. The van der Waals surface area contributed by atoms with E-state index >= 15 is 0 Å². The molecule has 6 rings (SSSR count). The van der Waals surface area contributed by atoms with E-state index in [2.05, 4.69) is 60.3 Å². The zero-order chi connectivity index (χ0) is 26.5. The zero-order valence-corrected chi connectivity index (χ0v) is 21.1. The number of hydrogen-bond acceptors (Lipinski definition) is 6. The average Bonchev–Trinajstić information content (AvgIpc) is 3.70. The molecule has 0 radical (unpaired) electrons. The first-order valence-corrected chi connectivity index (χ1v) is 12.6. The molecular weight excluding hydrogens is 490 g/mol. The molecule has 1 saturated carbocycles. The van der Waals surface area contributed by atoms with Crippen molar-refractivity contribution in [3.05, 3.63) is 66.9 Å². The van der Waals surface area contributed by atoms with E-state index in [1.807, 2.05) is 24.4 Å². The number of alkyl halides is 2. The molecule has 2 aromatic carbocycles. The number of amides is 1. The summed E-state index contributed by atoms with van der Waals surface area (Å²) in [6, 6.07) is 18.3. The number of nitrogens with zero attached hydrogens (tertiary/aromatic N) is 4. The highest BCUT2D eigenvalue weighted by molar-refractivity contribution is 5.94. The number of halogens is 2. The fourth-order valence-corrected chi connectivity index (χ4v) is 4.24. The van der Waals surface area contributed by atoms with Crippen LogP contribution in [0.2, 0.25) is 0 Å². The van der Waals surface area contributed by atoms with Crippen LogP contribution in [0.5, 0.6) is 5.75 Å². The van der Waals surface area contributed by atoms with Gasteiger partial charge < -0.3 is 19.9 Å². The van der Waals surface area contributed by atoms with Crippen LogP contribution in [0.4, 0.5) is 20.3 Å². The standard InChI is InChI=1S/C17H19N5.C11H11F2NO2/c1-21-8-10-22(11-9-21)16-7-6-13(12-18-16)17-14-4-2-3-5-15(14)19-20-17;12-11(13)16-9-5-3-8(4-6-9)14-10(15)7-1-2-7/h2-7,12H,8-11H2,1H3,(H,19,20);3-7,11H,1-2H2,(H,14,15). The van der Waals surface area contributed by atoms with Crippen LogP contribution >= 0.6 is 0 Å². The topological polar surface area (TPSA) is 86.4 Å². The summed E-state index contributed by atoms with van der Waals surface area (Å²) in [7, 11) is 2.16. The number of benzene rings is 2. The van der Waals surface area contributed by atoms with Gasteiger partial charge in [-0.25, -0.2) is 4.98 Å². The molecule has 0 bridgehead atoms. The molecule has 198 valence electrons. The molecule has 38 heavy (non-hydrogen) atoms. The summed E-state index contributed by atoms with van der Waals surface area (Å²) >= 11 is 0. The van der Waals surface area contributed by atoms with Gasteiger partial charge in [0.05, 0.1) is 5.52 Å². The molecule has 2 aliphatic rings.